The molecule has 0 aliphatic carbocycles. The number of hydrogen-bond acceptors (Lipinski definition) is 2. The van der Waals surface area contributed by atoms with Crippen LogP contribution in [0.5, 0.6) is 0 Å². The topological polar surface area (TPSA) is 29.3 Å². The van der Waals surface area contributed by atoms with Crippen molar-refractivity contribution < 1.29 is 0 Å². The van der Waals surface area contributed by atoms with Crippen LogP contribution in [0.15, 0.2) is 12.2 Å². The average molecular weight is 168 g/mol. The van der Waals surface area contributed by atoms with Crippen molar-refractivity contribution in [3.05, 3.63) is 12.2 Å². The predicted octanol–water partition coefficient (Wildman–Crippen LogP) is 1.38. The lowest BCUT2D eigenvalue weighted by Crippen LogP contribution is -2.32. The fraction of sp³-hybridized carbons (Fsp3) is 0.800. The standard InChI is InChI=1S/C10H20N2/c1-2-10(11)6-9-12-7-4-3-5-8-12/h3-4,10H,2,5-9,11H2,1H3. The van der Waals surface area contributed by atoms with Gasteiger partial charge < -0.3 is 5.73 Å². The van der Waals surface area contributed by atoms with E-state index in [0.29, 0.717) is 6.04 Å². The molecule has 0 spiro atoms. The largest absolute Gasteiger partial charge is 0.328 e. The van der Waals surface area contributed by atoms with Gasteiger partial charge in [-0.2, -0.15) is 0 Å². The van der Waals surface area contributed by atoms with E-state index in [4.69, 9.17) is 5.73 Å². The molecule has 1 aliphatic heterocycles. The van der Waals surface area contributed by atoms with Crippen LogP contribution in [0.2, 0.25) is 0 Å². The quantitative estimate of drug-likeness (QED) is 0.642. The van der Waals surface area contributed by atoms with E-state index in [9.17, 15) is 0 Å². The van der Waals surface area contributed by atoms with Gasteiger partial charge in [0.25, 0.3) is 0 Å². The molecular weight excluding hydrogens is 148 g/mol. The maximum Gasteiger partial charge on any atom is 0.0163 e. The number of nitrogens with zero attached hydrogens (tertiary/aromatic N) is 1. The molecule has 2 nitrogen and oxygen atoms in total. The lowest BCUT2D eigenvalue weighted by molar-refractivity contribution is 0.284. The van der Waals surface area contributed by atoms with Crippen molar-refractivity contribution in [2.24, 2.45) is 5.73 Å². The lowest BCUT2D eigenvalue weighted by Gasteiger charge is -2.24. The normalized spacial score (nSPS) is 21.2. The van der Waals surface area contributed by atoms with E-state index in [2.05, 4.69) is 24.0 Å². The fourth-order valence-corrected chi connectivity index (χ4v) is 1.45. The Hall–Kier alpha value is -0.340. The summed E-state index contributed by atoms with van der Waals surface area (Å²) in [5.41, 5.74) is 5.85. The molecule has 0 aromatic heterocycles. The van der Waals surface area contributed by atoms with Crippen LogP contribution < -0.4 is 5.73 Å². The molecular formula is C10H20N2. The van der Waals surface area contributed by atoms with E-state index in [1.165, 1.54) is 19.5 Å². The van der Waals surface area contributed by atoms with E-state index in [-0.39, 0.29) is 0 Å². The minimum atomic E-state index is 0.399. The van der Waals surface area contributed by atoms with Crippen molar-refractivity contribution in [3.63, 3.8) is 0 Å². The molecule has 1 unspecified atom stereocenters. The monoisotopic (exact) mass is 168 g/mol. The Balaban J connectivity index is 2.10. The Morgan fingerprint density at radius 2 is 2.33 bits per heavy atom. The van der Waals surface area contributed by atoms with Gasteiger partial charge in [0.1, 0.15) is 0 Å². The highest BCUT2D eigenvalue weighted by atomic mass is 15.1. The second-order valence-corrected chi connectivity index (χ2v) is 3.52. The highest BCUT2D eigenvalue weighted by Gasteiger charge is 2.07. The molecule has 2 N–H and O–H groups in total. The van der Waals surface area contributed by atoms with Gasteiger partial charge in [-0.1, -0.05) is 19.1 Å². The fourth-order valence-electron chi connectivity index (χ4n) is 1.45. The number of nitrogens with two attached hydrogens (primary N) is 1. The molecule has 1 rings (SSSR count). The first-order valence-corrected chi connectivity index (χ1v) is 4.96. The van der Waals surface area contributed by atoms with Crippen LogP contribution in [-0.4, -0.2) is 30.6 Å². The minimum absolute atomic E-state index is 0.399. The highest BCUT2D eigenvalue weighted by Crippen LogP contribution is 2.03. The van der Waals surface area contributed by atoms with Crippen molar-refractivity contribution in [2.45, 2.75) is 32.2 Å². The lowest BCUT2D eigenvalue weighted by atomic mass is 10.1. The molecule has 2 heteroatoms. The van der Waals surface area contributed by atoms with Crippen molar-refractivity contribution in [2.75, 3.05) is 19.6 Å². The molecule has 1 heterocycles. The van der Waals surface area contributed by atoms with Crippen LogP contribution in [-0.2, 0) is 0 Å². The van der Waals surface area contributed by atoms with E-state index < -0.39 is 0 Å². The Kier molecular flexibility index (Phi) is 4.33. The van der Waals surface area contributed by atoms with E-state index >= 15 is 0 Å². The van der Waals surface area contributed by atoms with Crippen LogP contribution in [0.3, 0.4) is 0 Å². The van der Waals surface area contributed by atoms with Crippen LogP contribution in [0, 0.1) is 0 Å². The smallest absolute Gasteiger partial charge is 0.0163 e. The minimum Gasteiger partial charge on any atom is -0.328 e. The van der Waals surface area contributed by atoms with Gasteiger partial charge in [-0.3, -0.25) is 4.90 Å². The van der Waals surface area contributed by atoms with Crippen molar-refractivity contribution in [1.29, 1.82) is 0 Å². The molecule has 70 valence electrons. The third kappa shape index (κ3) is 3.37. The summed E-state index contributed by atoms with van der Waals surface area (Å²) in [5.74, 6) is 0. The summed E-state index contributed by atoms with van der Waals surface area (Å²) < 4.78 is 0. The summed E-state index contributed by atoms with van der Waals surface area (Å²) >= 11 is 0. The number of rotatable bonds is 4. The van der Waals surface area contributed by atoms with Crippen LogP contribution in [0.1, 0.15) is 26.2 Å². The Labute approximate surface area is 75.4 Å². The summed E-state index contributed by atoms with van der Waals surface area (Å²) in [6.07, 6.45) is 7.96. The van der Waals surface area contributed by atoms with Crippen LogP contribution >= 0.6 is 0 Å². The molecule has 0 aromatic rings. The van der Waals surface area contributed by atoms with Crippen LogP contribution in [0.4, 0.5) is 0 Å². The van der Waals surface area contributed by atoms with Gasteiger partial charge in [0, 0.05) is 19.1 Å². The maximum atomic E-state index is 5.85. The molecule has 0 bridgehead atoms. The zero-order valence-corrected chi connectivity index (χ0v) is 8.00. The van der Waals surface area contributed by atoms with Gasteiger partial charge in [0.2, 0.25) is 0 Å². The summed E-state index contributed by atoms with van der Waals surface area (Å²) in [4.78, 5) is 2.47. The molecule has 0 radical (unpaired) electrons. The first kappa shape index (κ1) is 9.75. The van der Waals surface area contributed by atoms with Gasteiger partial charge >= 0.3 is 0 Å². The average Bonchev–Trinajstić information content (AvgIpc) is 2.16. The molecule has 0 amide bonds. The molecule has 0 saturated carbocycles. The van der Waals surface area contributed by atoms with Gasteiger partial charge in [-0.15, -0.1) is 0 Å². The maximum absolute atomic E-state index is 5.85. The molecule has 0 aromatic carbocycles. The number of hydrogen-bond donors (Lipinski definition) is 1. The molecule has 0 saturated heterocycles. The Morgan fingerprint density at radius 1 is 1.50 bits per heavy atom. The Morgan fingerprint density at radius 3 is 2.92 bits per heavy atom. The zero-order chi connectivity index (χ0) is 8.81. The van der Waals surface area contributed by atoms with E-state index in [1.54, 1.807) is 0 Å². The Bertz CT molecular complexity index is 143. The second-order valence-electron chi connectivity index (χ2n) is 3.52. The van der Waals surface area contributed by atoms with Crippen molar-refractivity contribution >= 4 is 0 Å². The third-order valence-electron chi connectivity index (χ3n) is 2.48. The van der Waals surface area contributed by atoms with Gasteiger partial charge in [-0.05, 0) is 25.8 Å². The van der Waals surface area contributed by atoms with Crippen molar-refractivity contribution in [3.8, 4) is 0 Å². The second kappa shape index (κ2) is 5.33. The first-order valence-electron chi connectivity index (χ1n) is 4.96. The highest BCUT2D eigenvalue weighted by molar-refractivity contribution is 4.90. The molecule has 0 fully saturated rings. The van der Waals surface area contributed by atoms with Gasteiger partial charge in [0.05, 0.1) is 0 Å². The SMILES string of the molecule is CCC(N)CCN1CC=CCC1. The molecule has 1 atom stereocenters. The summed E-state index contributed by atoms with van der Waals surface area (Å²) in [6.45, 7) is 5.66. The summed E-state index contributed by atoms with van der Waals surface area (Å²) in [5, 5.41) is 0. The van der Waals surface area contributed by atoms with Crippen LogP contribution in [0.25, 0.3) is 0 Å². The van der Waals surface area contributed by atoms with Crippen molar-refractivity contribution in [1.82, 2.24) is 4.90 Å². The third-order valence-corrected chi connectivity index (χ3v) is 2.48. The predicted molar refractivity (Wildman–Crippen MR) is 53.1 cm³/mol. The van der Waals surface area contributed by atoms with E-state index in [0.717, 1.165) is 19.4 Å². The zero-order valence-electron chi connectivity index (χ0n) is 8.00. The summed E-state index contributed by atoms with van der Waals surface area (Å²) in [6, 6.07) is 0.399. The molecule has 1 aliphatic rings. The summed E-state index contributed by atoms with van der Waals surface area (Å²) in [7, 11) is 0. The molecule has 12 heavy (non-hydrogen) atoms. The van der Waals surface area contributed by atoms with Gasteiger partial charge in [-0.25, -0.2) is 0 Å². The van der Waals surface area contributed by atoms with E-state index in [1.807, 2.05) is 0 Å². The van der Waals surface area contributed by atoms with Gasteiger partial charge in [0.15, 0.2) is 0 Å². The first-order chi connectivity index (χ1) is 5.83.